The van der Waals surface area contributed by atoms with Gasteiger partial charge in [-0.15, -0.1) is 0 Å². The van der Waals surface area contributed by atoms with Crippen molar-refractivity contribution < 1.29 is 19.5 Å². The molecule has 1 aliphatic rings. The molecule has 2 unspecified atom stereocenters. The zero-order chi connectivity index (χ0) is 13.5. The van der Waals surface area contributed by atoms with Gasteiger partial charge in [-0.05, 0) is 18.3 Å². The Hall–Kier alpha value is -1.59. The molecule has 3 amide bonds. The molecule has 2 atom stereocenters. The highest BCUT2D eigenvalue weighted by Gasteiger charge is 2.23. The minimum absolute atomic E-state index is 0.178. The largest absolute Gasteiger partial charge is 0.481 e. The maximum Gasteiger partial charge on any atom is 0.321 e. The lowest BCUT2D eigenvalue weighted by molar-refractivity contribution is -0.138. The van der Waals surface area contributed by atoms with Gasteiger partial charge in [0.2, 0.25) is 5.91 Å². The number of amides is 3. The molecule has 1 fully saturated rings. The standard InChI is InChI=1S/C12H20N2O4/c1-8-3-2-4-9(8)7-13-12(18)14-10(15)5-6-11(16)17/h8-9H,2-7H2,1H3,(H,16,17)(H2,13,14,15,18). The van der Waals surface area contributed by atoms with E-state index in [-0.39, 0.29) is 12.8 Å². The van der Waals surface area contributed by atoms with Crippen molar-refractivity contribution in [2.75, 3.05) is 6.54 Å². The summed E-state index contributed by atoms with van der Waals surface area (Å²) >= 11 is 0. The third-order valence-electron chi connectivity index (χ3n) is 3.38. The van der Waals surface area contributed by atoms with Crippen LogP contribution in [0.15, 0.2) is 0 Å². The fourth-order valence-corrected chi connectivity index (χ4v) is 2.20. The summed E-state index contributed by atoms with van der Waals surface area (Å²) in [6, 6.07) is -0.538. The summed E-state index contributed by atoms with van der Waals surface area (Å²) in [7, 11) is 0. The number of rotatable bonds is 5. The van der Waals surface area contributed by atoms with E-state index in [1.807, 2.05) is 0 Å². The number of urea groups is 1. The van der Waals surface area contributed by atoms with Crippen molar-refractivity contribution in [1.29, 1.82) is 0 Å². The van der Waals surface area contributed by atoms with Crippen molar-refractivity contribution in [3.63, 3.8) is 0 Å². The van der Waals surface area contributed by atoms with Crippen molar-refractivity contribution >= 4 is 17.9 Å². The summed E-state index contributed by atoms with van der Waals surface area (Å²) < 4.78 is 0. The van der Waals surface area contributed by atoms with E-state index in [9.17, 15) is 14.4 Å². The second kappa shape index (κ2) is 6.98. The van der Waals surface area contributed by atoms with Crippen LogP contribution in [0, 0.1) is 11.8 Å². The molecule has 102 valence electrons. The first-order valence-corrected chi connectivity index (χ1v) is 6.28. The molecule has 6 nitrogen and oxygen atoms in total. The normalized spacial score (nSPS) is 22.5. The lowest BCUT2D eigenvalue weighted by atomic mass is 9.98. The van der Waals surface area contributed by atoms with Gasteiger partial charge in [-0.3, -0.25) is 14.9 Å². The molecule has 0 aliphatic heterocycles. The van der Waals surface area contributed by atoms with Crippen LogP contribution in [-0.2, 0) is 9.59 Å². The van der Waals surface area contributed by atoms with E-state index < -0.39 is 17.9 Å². The molecule has 0 aromatic rings. The van der Waals surface area contributed by atoms with Gasteiger partial charge in [-0.1, -0.05) is 19.8 Å². The van der Waals surface area contributed by atoms with Gasteiger partial charge in [-0.25, -0.2) is 4.79 Å². The van der Waals surface area contributed by atoms with Crippen LogP contribution in [0.25, 0.3) is 0 Å². The van der Waals surface area contributed by atoms with E-state index in [0.29, 0.717) is 18.4 Å². The Balaban J connectivity index is 2.16. The second-order valence-corrected chi connectivity index (χ2v) is 4.82. The van der Waals surface area contributed by atoms with E-state index in [2.05, 4.69) is 17.6 Å². The molecule has 0 heterocycles. The van der Waals surface area contributed by atoms with Crippen molar-refractivity contribution in [3.05, 3.63) is 0 Å². The molecule has 1 aliphatic carbocycles. The van der Waals surface area contributed by atoms with Gasteiger partial charge in [0, 0.05) is 13.0 Å². The van der Waals surface area contributed by atoms with Gasteiger partial charge in [0.25, 0.3) is 0 Å². The predicted molar refractivity (Wildman–Crippen MR) is 64.9 cm³/mol. The minimum atomic E-state index is -1.05. The molecule has 3 N–H and O–H groups in total. The van der Waals surface area contributed by atoms with E-state index >= 15 is 0 Å². The maximum atomic E-state index is 11.4. The number of imide groups is 1. The fourth-order valence-electron chi connectivity index (χ4n) is 2.20. The quantitative estimate of drug-likeness (QED) is 0.686. The molecule has 0 bridgehead atoms. The molecular formula is C12H20N2O4. The topological polar surface area (TPSA) is 95.5 Å². The van der Waals surface area contributed by atoms with Gasteiger partial charge in [0.1, 0.15) is 0 Å². The van der Waals surface area contributed by atoms with E-state index in [1.54, 1.807) is 0 Å². The van der Waals surface area contributed by atoms with Crippen LogP contribution >= 0.6 is 0 Å². The Morgan fingerprint density at radius 2 is 1.94 bits per heavy atom. The van der Waals surface area contributed by atoms with Crippen molar-refractivity contribution in [2.45, 2.75) is 39.0 Å². The van der Waals surface area contributed by atoms with Crippen molar-refractivity contribution in [2.24, 2.45) is 11.8 Å². The SMILES string of the molecule is CC1CCCC1CNC(=O)NC(=O)CCC(=O)O. The summed E-state index contributed by atoms with van der Waals surface area (Å²) in [5.74, 6) is -0.530. The zero-order valence-electron chi connectivity index (χ0n) is 10.6. The number of nitrogens with one attached hydrogen (secondary N) is 2. The van der Waals surface area contributed by atoms with Gasteiger partial charge in [0.05, 0.1) is 6.42 Å². The Kier molecular flexibility index (Phi) is 5.61. The third-order valence-corrected chi connectivity index (χ3v) is 3.38. The predicted octanol–water partition coefficient (Wildman–Crippen LogP) is 1.11. The average Bonchev–Trinajstić information content (AvgIpc) is 2.69. The van der Waals surface area contributed by atoms with Crippen LogP contribution in [0.2, 0.25) is 0 Å². The van der Waals surface area contributed by atoms with Crippen LogP contribution in [0.5, 0.6) is 0 Å². The van der Waals surface area contributed by atoms with Crippen molar-refractivity contribution in [3.8, 4) is 0 Å². The van der Waals surface area contributed by atoms with E-state index in [0.717, 1.165) is 6.42 Å². The minimum Gasteiger partial charge on any atom is -0.481 e. The van der Waals surface area contributed by atoms with E-state index in [4.69, 9.17) is 5.11 Å². The molecule has 1 rings (SSSR count). The number of hydrogen-bond donors (Lipinski definition) is 3. The van der Waals surface area contributed by atoms with Gasteiger partial charge in [0.15, 0.2) is 0 Å². The highest BCUT2D eigenvalue weighted by Crippen LogP contribution is 2.30. The number of carboxylic acids is 1. The number of hydrogen-bond acceptors (Lipinski definition) is 3. The molecular weight excluding hydrogens is 236 g/mol. The summed E-state index contributed by atoms with van der Waals surface area (Å²) in [6.07, 6.45) is 3.04. The number of carbonyl (C=O) groups excluding carboxylic acids is 2. The first-order chi connectivity index (χ1) is 8.49. The summed E-state index contributed by atoms with van der Waals surface area (Å²) in [4.78, 5) is 32.8. The fraction of sp³-hybridized carbons (Fsp3) is 0.750. The Morgan fingerprint density at radius 1 is 1.22 bits per heavy atom. The molecule has 18 heavy (non-hydrogen) atoms. The summed E-state index contributed by atoms with van der Waals surface area (Å²) in [5.41, 5.74) is 0. The van der Waals surface area contributed by atoms with Crippen LogP contribution in [0.3, 0.4) is 0 Å². The van der Waals surface area contributed by atoms with Gasteiger partial charge >= 0.3 is 12.0 Å². The van der Waals surface area contributed by atoms with Gasteiger partial charge in [-0.2, -0.15) is 0 Å². The van der Waals surface area contributed by atoms with Crippen LogP contribution in [0.1, 0.15) is 39.0 Å². The van der Waals surface area contributed by atoms with Gasteiger partial charge < -0.3 is 10.4 Å². The molecule has 6 heteroatoms. The third kappa shape index (κ3) is 5.16. The lowest BCUT2D eigenvalue weighted by Gasteiger charge is -2.15. The van der Waals surface area contributed by atoms with Crippen LogP contribution in [0.4, 0.5) is 4.79 Å². The number of carboxylic acid groups (broad SMARTS) is 1. The highest BCUT2D eigenvalue weighted by molar-refractivity contribution is 5.95. The lowest BCUT2D eigenvalue weighted by Crippen LogP contribution is -2.41. The summed E-state index contributed by atoms with van der Waals surface area (Å²) in [5, 5.41) is 13.2. The van der Waals surface area contributed by atoms with Crippen molar-refractivity contribution in [1.82, 2.24) is 10.6 Å². The Bertz CT molecular complexity index is 330. The smallest absolute Gasteiger partial charge is 0.321 e. The molecule has 0 spiro atoms. The second-order valence-electron chi connectivity index (χ2n) is 4.82. The Morgan fingerprint density at radius 3 is 2.50 bits per heavy atom. The van der Waals surface area contributed by atoms with Crippen LogP contribution < -0.4 is 10.6 Å². The highest BCUT2D eigenvalue weighted by atomic mass is 16.4. The van der Waals surface area contributed by atoms with E-state index in [1.165, 1.54) is 12.8 Å². The number of aliphatic carboxylic acids is 1. The van der Waals surface area contributed by atoms with Crippen LogP contribution in [-0.4, -0.2) is 29.6 Å². The molecule has 1 saturated carbocycles. The zero-order valence-corrected chi connectivity index (χ0v) is 10.6. The average molecular weight is 256 g/mol. The number of carbonyl (C=O) groups is 3. The maximum absolute atomic E-state index is 11.4. The molecule has 0 aromatic heterocycles. The first-order valence-electron chi connectivity index (χ1n) is 6.28. The molecule has 0 aromatic carbocycles. The monoisotopic (exact) mass is 256 g/mol. The molecule has 0 radical (unpaired) electrons. The molecule has 0 saturated heterocycles. The Labute approximate surface area is 106 Å². The first kappa shape index (κ1) is 14.5. The summed E-state index contributed by atoms with van der Waals surface area (Å²) in [6.45, 7) is 2.73.